The van der Waals surface area contributed by atoms with Crippen molar-refractivity contribution in [2.45, 2.75) is 25.8 Å². The standard InChI is InChI=1S/C12H15N3O3/c1-7-9(12(17)18)4-5-10(14-7)13-6-11(16)15-8-2-3-8/h4-5,8H,2-3,6H2,1H3,(H,13,14)(H,15,16)(H,17,18). The van der Waals surface area contributed by atoms with Crippen LogP contribution in [-0.4, -0.2) is 34.6 Å². The molecule has 1 aromatic rings. The van der Waals surface area contributed by atoms with Gasteiger partial charge in [0.2, 0.25) is 5.91 Å². The number of anilines is 1. The van der Waals surface area contributed by atoms with Crippen molar-refractivity contribution in [2.75, 3.05) is 11.9 Å². The van der Waals surface area contributed by atoms with Crippen LogP contribution in [0.25, 0.3) is 0 Å². The Bertz CT molecular complexity index is 483. The number of pyridine rings is 1. The Hall–Kier alpha value is -2.11. The van der Waals surface area contributed by atoms with Crippen LogP contribution in [0.2, 0.25) is 0 Å². The fourth-order valence-corrected chi connectivity index (χ4v) is 1.56. The molecule has 1 heterocycles. The summed E-state index contributed by atoms with van der Waals surface area (Å²) in [5, 5.41) is 14.6. The molecule has 3 N–H and O–H groups in total. The molecular formula is C12H15N3O3. The summed E-state index contributed by atoms with van der Waals surface area (Å²) < 4.78 is 0. The Balaban J connectivity index is 1.90. The van der Waals surface area contributed by atoms with Crippen LogP contribution in [0.5, 0.6) is 0 Å². The van der Waals surface area contributed by atoms with Crippen molar-refractivity contribution in [2.24, 2.45) is 0 Å². The molecule has 1 aliphatic rings. The molecule has 1 saturated carbocycles. The first-order valence-corrected chi connectivity index (χ1v) is 5.80. The van der Waals surface area contributed by atoms with Crippen LogP contribution in [0.15, 0.2) is 12.1 Å². The van der Waals surface area contributed by atoms with Crippen molar-refractivity contribution in [1.29, 1.82) is 0 Å². The predicted octanol–water partition coefficient (Wildman–Crippen LogP) is 0.779. The second-order valence-corrected chi connectivity index (χ2v) is 4.33. The number of carboxylic acids is 1. The maximum Gasteiger partial charge on any atom is 0.337 e. The zero-order chi connectivity index (χ0) is 13.1. The van der Waals surface area contributed by atoms with E-state index in [4.69, 9.17) is 5.11 Å². The first-order chi connectivity index (χ1) is 8.56. The average Bonchev–Trinajstić information content (AvgIpc) is 3.10. The van der Waals surface area contributed by atoms with Crippen molar-refractivity contribution in [3.63, 3.8) is 0 Å². The van der Waals surface area contributed by atoms with E-state index in [1.165, 1.54) is 6.07 Å². The Morgan fingerprint density at radius 3 is 2.72 bits per heavy atom. The number of hydrogen-bond acceptors (Lipinski definition) is 4. The molecule has 0 unspecified atom stereocenters. The SMILES string of the molecule is Cc1nc(NCC(=O)NC2CC2)ccc1C(=O)O. The van der Waals surface area contributed by atoms with Crippen molar-refractivity contribution in [1.82, 2.24) is 10.3 Å². The highest BCUT2D eigenvalue weighted by Crippen LogP contribution is 2.18. The molecule has 1 aliphatic carbocycles. The summed E-state index contributed by atoms with van der Waals surface area (Å²) in [5.41, 5.74) is 0.595. The van der Waals surface area contributed by atoms with Crippen LogP contribution in [-0.2, 0) is 4.79 Å². The number of aromatic nitrogens is 1. The summed E-state index contributed by atoms with van der Waals surface area (Å²) in [4.78, 5) is 26.3. The zero-order valence-corrected chi connectivity index (χ0v) is 10.1. The summed E-state index contributed by atoms with van der Waals surface area (Å²) in [6.07, 6.45) is 2.10. The van der Waals surface area contributed by atoms with Gasteiger partial charge >= 0.3 is 5.97 Å². The zero-order valence-electron chi connectivity index (χ0n) is 10.1. The highest BCUT2D eigenvalue weighted by Gasteiger charge is 2.22. The van der Waals surface area contributed by atoms with Crippen molar-refractivity contribution < 1.29 is 14.7 Å². The molecule has 0 atom stereocenters. The number of nitrogens with zero attached hydrogens (tertiary/aromatic N) is 1. The van der Waals surface area contributed by atoms with E-state index in [0.717, 1.165) is 12.8 Å². The van der Waals surface area contributed by atoms with E-state index in [0.29, 0.717) is 17.6 Å². The number of carbonyl (C=O) groups is 2. The summed E-state index contributed by atoms with van der Waals surface area (Å²) in [5.74, 6) is -0.569. The molecule has 0 bridgehead atoms. The Morgan fingerprint density at radius 2 is 2.17 bits per heavy atom. The third kappa shape index (κ3) is 3.19. The van der Waals surface area contributed by atoms with Crippen LogP contribution in [0, 0.1) is 6.92 Å². The van der Waals surface area contributed by atoms with Gasteiger partial charge in [0.15, 0.2) is 0 Å². The molecule has 6 heteroatoms. The molecule has 0 aliphatic heterocycles. The van der Waals surface area contributed by atoms with Gasteiger partial charge < -0.3 is 15.7 Å². The highest BCUT2D eigenvalue weighted by atomic mass is 16.4. The van der Waals surface area contributed by atoms with Gasteiger partial charge in [0, 0.05) is 6.04 Å². The highest BCUT2D eigenvalue weighted by molar-refractivity contribution is 5.89. The lowest BCUT2D eigenvalue weighted by Gasteiger charge is -2.08. The minimum atomic E-state index is -1.00. The molecule has 0 saturated heterocycles. The van der Waals surface area contributed by atoms with Crippen LogP contribution in [0.3, 0.4) is 0 Å². The average molecular weight is 249 g/mol. The molecular weight excluding hydrogens is 234 g/mol. The van der Waals surface area contributed by atoms with Crippen molar-refractivity contribution in [3.05, 3.63) is 23.4 Å². The Morgan fingerprint density at radius 1 is 1.44 bits per heavy atom. The molecule has 18 heavy (non-hydrogen) atoms. The number of rotatable bonds is 5. The van der Waals surface area contributed by atoms with Gasteiger partial charge in [-0.05, 0) is 31.9 Å². The molecule has 6 nitrogen and oxygen atoms in total. The summed E-state index contributed by atoms with van der Waals surface area (Å²) in [6, 6.07) is 3.37. The van der Waals surface area contributed by atoms with Crippen LogP contribution < -0.4 is 10.6 Å². The number of aryl methyl sites for hydroxylation is 1. The van der Waals surface area contributed by atoms with Gasteiger partial charge in [-0.25, -0.2) is 9.78 Å². The molecule has 96 valence electrons. The molecule has 1 fully saturated rings. The summed E-state index contributed by atoms with van der Waals surface area (Å²) in [7, 11) is 0. The Labute approximate surface area is 104 Å². The largest absolute Gasteiger partial charge is 0.478 e. The van der Waals surface area contributed by atoms with Gasteiger partial charge in [-0.15, -0.1) is 0 Å². The molecule has 0 aromatic carbocycles. The summed E-state index contributed by atoms with van der Waals surface area (Å²) >= 11 is 0. The number of nitrogens with one attached hydrogen (secondary N) is 2. The number of carbonyl (C=O) groups excluding carboxylic acids is 1. The second kappa shape index (κ2) is 5.03. The van der Waals surface area contributed by atoms with Gasteiger partial charge in [-0.2, -0.15) is 0 Å². The monoisotopic (exact) mass is 249 g/mol. The Kier molecular flexibility index (Phi) is 3.45. The van der Waals surface area contributed by atoms with Crippen LogP contribution >= 0.6 is 0 Å². The normalized spacial score (nSPS) is 14.1. The van der Waals surface area contributed by atoms with E-state index in [-0.39, 0.29) is 18.0 Å². The smallest absolute Gasteiger partial charge is 0.337 e. The van der Waals surface area contributed by atoms with Crippen LogP contribution in [0.4, 0.5) is 5.82 Å². The second-order valence-electron chi connectivity index (χ2n) is 4.33. The fourth-order valence-electron chi connectivity index (χ4n) is 1.56. The van der Waals surface area contributed by atoms with Gasteiger partial charge in [-0.1, -0.05) is 0 Å². The number of amides is 1. The molecule has 2 rings (SSSR count). The summed E-state index contributed by atoms with van der Waals surface area (Å²) in [6.45, 7) is 1.77. The quantitative estimate of drug-likeness (QED) is 0.717. The third-order valence-electron chi connectivity index (χ3n) is 2.69. The number of hydrogen-bond donors (Lipinski definition) is 3. The van der Waals surface area contributed by atoms with E-state index in [2.05, 4.69) is 15.6 Å². The minimum Gasteiger partial charge on any atom is -0.478 e. The van der Waals surface area contributed by atoms with Crippen LogP contribution in [0.1, 0.15) is 28.9 Å². The van der Waals surface area contributed by atoms with Gasteiger partial charge in [0.05, 0.1) is 17.8 Å². The van der Waals surface area contributed by atoms with E-state index in [1.54, 1.807) is 13.0 Å². The molecule has 1 aromatic heterocycles. The first kappa shape index (κ1) is 12.3. The van der Waals surface area contributed by atoms with Gasteiger partial charge in [-0.3, -0.25) is 4.79 Å². The predicted molar refractivity (Wildman–Crippen MR) is 65.6 cm³/mol. The van der Waals surface area contributed by atoms with E-state index < -0.39 is 5.97 Å². The number of carboxylic acid groups (broad SMARTS) is 1. The molecule has 0 spiro atoms. The molecule has 0 radical (unpaired) electrons. The molecule has 1 amide bonds. The van der Waals surface area contributed by atoms with E-state index in [9.17, 15) is 9.59 Å². The first-order valence-electron chi connectivity index (χ1n) is 5.80. The lowest BCUT2D eigenvalue weighted by Crippen LogP contribution is -2.31. The maximum atomic E-state index is 11.4. The number of aromatic carboxylic acids is 1. The van der Waals surface area contributed by atoms with Crippen molar-refractivity contribution >= 4 is 17.7 Å². The maximum absolute atomic E-state index is 11.4. The topological polar surface area (TPSA) is 91.3 Å². The fraction of sp³-hybridized carbons (Fsp3) is 0.417. The van der Waals surface area contributed by atoms with E-state index >= 15 is 0 Å². The lowest BCUT2D eigenvalue weighted by atomic mass is 10.2. The minimum absolute atomic E-state index is 0.0701. The van der Waals surface area contributed by atoms with Crippen molar-refractivity contribution in [3.8, 4) is 0 Å². The van der Waals surface area contributed by atoms with E-state index in [1.807, 2.05) is 0 Å². The third-order valence-corrected chi connectivity index (χ3v) is 2.69. The van der Waals surface area contributed by atoms with Gasteiger partial charge in [0.1, 0.15) is 5.82 Å². The lowest BCUT2D eigenvalue weighted by molar-refractivity contribution is -0.119. The van der Waals surface area contributed by atoms with Gasteiger partial charge in [0.25, 0.3) is 0 Å².